The molecule has 1 aromatic rings. The number of ether oxygens (including phenoxy) is 1. The first-order chi connectivity index (χ1) is 9.65. The van der Waals surface area contributed by atoms with E-state index in [1.807, 2.05) is 12.1 Å². The van der Waals surface area contributed by atoms with E-state index in [1.165, 1.54) is 5.56 Å². The molecule has 2 heterocycles. The van der Waals surface area contributed by atoms with Crippen molar-refractivity contribution in [1.82, 2.24) is 10.3 Å². The first-order valence-electron chi connectivity index (χ1n) is 7.41. The minimum atomic E-state index is 0.142. The average Bonchev–Trinajstić information content (AvgIpc) is 2.85. The van der Waals surface area contributed by atoms with Crippen LogP contribution in [0.15, 0.2) is 24.5 Å². The Kier molecular flexibility index (Phi) is 5.53. The van der Waals surface area contributed by atoms with Gasteiger partial charge in [-0.25, -0.2) is 0 Å². The van der Waals surface area contributed by atoms with Crippen LogP contribution in [0.2, 0.25) is 0 Å². The molecule has 4 nitrogen and oxygen atoms in total. The smallest absolute Gasteiger partial charge is 0.220 e. The Labute approximate surface area is 120 Å². The molecule has 1 aliphatic heterocycles. The van der Waals surface area contributed by atoms with Crippen LogP contribution < -0.4 is 5.32 Å². The van der Waals surface area contributed by atoms with E-state index in [0.29, 0.717) is 24.9 Å². The van der Waals surface area contributed by atoms with Crippen LogP contribution in [0.5, 0.6) is 0 Å². The van der Waals surface area contributed by atoms with Gasteiger partial charge in [0.05, 0.1) is 19.3 Å². The Bertz CT molecular complexity index is 420. The predicted octanol–water partition coefficient (Wildman–Crippen LogP) is 2.19. The number of carbonyl (C=O) groups is 1. The second-order valence-electron chi connectivity index (χ2n) is 5.96. The van der Waals surface area contributed by atoms with Gasteiger partial charge in [0.25, 0.3) is 0 Å². The molecule has 110 valence electrons. The SMILES string of the molecule is CC(C)CCC(=O)N[C@H]1COC[C@H]1Cc1ccncc1. The van der Waals surface area contributed by atoms with E-state index in [0.717, 1.165) is 19.4 Å². The fourth-order valence-corrected chi connectivity index (χ4v) is 2.48. The molecular formula is C16H24N2O2. The molecule has 1 N–H and O–H groups in total. The minimum Gasteiger partial charge on any atom is -0.379 e. The van der Waals surface area contributed by atoms with Crippen molar-refractivity contribution in [3.63, 3.8) is 0 Å². The highest BCUT2D eigenvalue weighted by Crippen LogP contribution is 2.19. The average molecular weight is 276 g/mol. The number of carbonyl (C=O) groups excluding carboxylic acids is 1. The fourth-order valence-electron chi connectivity index (χ4n) is 2.48. The normalized spacial score (nSPS) is 22.1. The Balaban J connectivity index is 1.83. The van der Waals surface area contributed by atoms with Crippen LogP contribution in [-0.4, -0.2) is 30.1 Å². The summed E-state index contributed by atoms with van der Waals surface area (Å²) in [5.41, 5.74) is 1.25. The van der Waals surface area contributed by atoms with Gasteiger partial charge in [-0.15, -0.1) is 0 Å². The largest absolute Gasteiger partial charge is 0.379 e. The van der Waals surface area contributed by atoms with Crippen molar-refractivity contribution in [3.8, 4) is 0 Å². The third kappa shape index (κ3) is 4.60. The second-order valence-corrected chi connectivity index (χ2v) is 5.96. The highest BCUT2D eigenvalue weighted by molar-refractivity contribution is 5.76. The van der Waals surface area contributed by atoms with E-state index in [-0.39, 0.29) is 11.9 Å². The molecule has 0 aliphatic carbocycles. The molecule has 20 heavy (non-hydrogen) atoms. The molecule has 2 rings (SSSR count). The van der Waals surface area contributed by atoms with Gasteiger partial charge >= 0.3 is 0 Å². The Morgan fingerprint density at radius 1 is 1.40 bits per heavy atom. The minimum absolute atomic E-state index is 0.142. The molecule has 0 spiro atoms. The standard InChI is InChI=1S/C16H24N2O2/c1-12(2)3-4-16(19)18-15-11-20-10-14(15)9-13-5-7-17-8-6-13/h5-8,12,14-15H,3-4,9-11H2,1-2H3,(H,18,19)/t14-,15+/m1/s1. The third-order valence-corrected chi connectivity index (χ3v) is 3.74. The molecule has 0 aromatic carbocycles. The van der Waals surface area contributed by atoms with Crippen molar-refractivity contribution in [3.05, 3.63) is 30.1 Å². The summed E-state index contributed by atoms with van der Waals surface area (Å²) in [5, 5.41) is 3.13. The number of nitrogens with zero attached hydrogens (tertiary/aromatic N) is 1. The second kappa shape index (κ2) is 7.39. The van der Waals surface area contributed by atoms with Gasteiger partial charge in [0.1, 0.15) is 0 Å². The lowest BCUT2D eigenvalue weighted by atomic mass is 9.95. The molecule has 4 heteroatoms. The summed E-state index contributed by atoms with van der Waals surface area (Å²) >= 11 is 0. The van der Waals surface area contributed by atoms with Crippen LogP contribution in [-0.2, 0) is 16.0 Å². The number of rotatable bonds is 6. The zero-order valence-corrected chi connectivity index (χ0v) is 12.3. The van der Waals surface area contributed by atoms with Crippen molar-refractivity contribution in [2.45, 2.75) is 39.2 Å². The van der Waals surface area contributed by atoms with Crippen molar-refractivity contribution in [1.29, 1.82) is 0 Å². The molecule has 1 fully saturated rings. The van der Waals surface area contributed by atoms with Gasteiger partial charge < -0.3 is 10.1 Å². The molecule has 2 atom stereocenters. The highest BCUT2D eigenvalue weighted by Gasteiger charge is 2.29. The van der Waals surface area contributed by atoms with E-state index in [9.17, 15) is 4.79 Å². The Hall–Kier alpha value is -1.42. The van der Waals surface area contributed by atoms with Crippen LogP contribution in [0, 0.1) is 11.8 Å². The van der Waals surface area contributed by atoms with Crippen molar-refractivity contribution in [2.24, 2.45) is 11.8 Å². The first-order valence-corrected chi connectivity index (χ1v) is 7.41. The molecular weight excluding hydrogens is 252 g/mol. The van der Waals surface area contributed by atoms with E-state index in [4.69, 9.17) is 4.74 Å². The monoisotopic (exact) mass is 276 g/mol. The fraction of sp³-hybridized carbons (Fsp3) is 0.625. The van der Waals surface area contributed by atoms with Crippen LogP contribution in [0.4, 0.5) is 0 Å². The number of nitrogens with one attached hydrogen (secondary N) is 1. The van der Waals surface area contributed by atoms with Crippen LogP contribution in [0.25, 0.3) is 0 Å². The van der Waals surface area contributed by atoms with Gasteiger partial charge in [0.15, 0.2) is 0 Å². The summed E-state index contributed by atoms with van der Waals surface area (Å²) in [7, 11) is 0. The number of amides is 1. The molecule has 1 saturated heterocycles. The molecule has 0 bridgehead atoms. The van der Waals surface area contributed by atoms with Gasteiger partial charge in [-0.2, -0.15) is 0 Å². The predicted molar refractivity (Wildman–Crippen MR) is 78.3 cm³/mol. The maximum Gasteiger partial charge on any atom is 0.220 e. The van der Waals surface area contributed by atoms with Crippen molar-refractivity contribution >= 4 is 5.91 Å². The van der Waals surface area contributed by atoms with E-state index in [2.05, 4.69) is 24.1 Å². The molecule has 1 aromatic heterocycles. The quantitative estimate of drug-likeness (QED) is 0.866. The topological polar surface area (TPSA) is 51.2 Å². The molecule has 1 amide bonds. The summed E-state index contributed by atoms with van der Waals surface area (Å²) in [5.74, 6) is 1.07. The van der Waals surface area contributed by atoms with Crippen LogP contribution in [0.3, 0.4) is 0 Å². The maximum atomic E-state index is 11.9. The number of hydrogen-bond acceptors (Lipinski definition) is 3. The summed E-state index contributed by atoms with van der Waals surface area (Å²) in [6.45, 7) is 5.62. The summed E-state index contributed by atoms with van der Waals surface area (Å²) < 4.78 is 5.54. The number of aromatic nitrogens is 1. The lowest BCUT2D eigenvalue weighted by Crippen LogP contribution is -2.40. The zero-order chi connectivity index (χ0) is 14.4. The Morgan fingerprint density at radius 3 is 2.85 bits per heavy atom. The van der Waals surface area contributed by atoms with Crippen molar-refractivity contribution < 1.29 is 9.53 Å². The number of pyridine rings is 1. The lowest BCUT2D eigenvalue weighted by molar-refractivity contribution is -0.122. The van der Waals surface area contributed by atoms with Gasteiger partial charge in [-0.3, -0.25) is 9.78 Å². The van der Waals surface area contributed by atoms with Crippen LogP contribution in [0.1, 0.15) is 32.3 Å². The zero-order valence-electron chi connectivity index (χ0n) is 12.3. The molecule has 0 saturated carbocycles. The van der Waals surface area contributed by atoms with E-state index >= 15 is 0 Å². The first kappa shape index (κ1) is 15.0. The van der Waals surface area contributed by atoms with Gasteiger partial charge in [-0.1, -0.05) is 13.8 Å². The van der Waals surface area contributed by atoms with E-state index in [1.54, 1.807) is 12.4 Å². The van der Waals surface area contributed by atoms with Crippen molar-refractivity contribution in [2.75, 3.05) is 13.2 Å². The summed E-state index contributed by atoms with van der Waals surface area (Å²) in [6.07, 6.45) is 6.09. The van der Waals surface area contributed by atoms with Crippen LogP contribution >= 0.6 is 0 Å². The van der Waals surface area contributed by atoms with E-state index < -0.39 is 0 Å². The summed E-state index contributed by atoms with van der Waals surface area (Å²) in [4.78, 5) is 16.0. The maximum absolute atomic E-state index is 11.9. The van der Waals surface area contributed by atoms with Gasteiger partial charge in [-0.05, 0) is 36.5 Å². The lowest BCUT2D eigenvalue weighted by Gasteiger charge is -2.19. The summed E-state index contributed by atoms with van der Waals surface area (Å²) in [6, 6.07) is 4.19. The molecule has 0 radical (unpaired) electrons. The number of hydrogen-bond donors (Lipinski definition) is 1. The third-order valence-electron chi connectivity index (χ3n) is 3.74. The molecule has 1 aliphatic rings. The Morgan fingerprint density at radius 2 is 2.15 bits per heavy atom. The van der Waals surface area contributed by atoms with Gasteiger partial charge in [0, 0.05) is 24.7 Å². The molecule has 0 unspecified atom stereocenters. The van der Waals surface area contributed by atoms with Gasteiger partial charge in [0.2, 0.25) is 5.91 Å². The highest BCUT2D eigenvalue weighted by atomic mass is 16.5.